The molecule has 1 heterocycles. The van der Waals surface area contributed by atoms with E-state index in [0.717, 1.165) is 51.5 Å². The van der Waals surface area contributed by atoms with Crippen LogP contribution in [0.4, 0.5) is 0 Å². The molecule has 0 aliphatic carbocycles. The molecule has 26 heavy (non-hydrogen) atoms. The molecule has 0 N–H and O–H groups in total. The zero-order valence-corrected chi connectivity index (χ0v) is 15.7. The van der Waals surface area contributed by atoms with E-state index in [1.54, 1.807) is 0 Å². The smallest absolute Gasteiger partial charge is 0.174 e. The van der Waals surface area contributed by atoms with Crippen molar-refractivity contribution in [1.82, 2.24) is 4.57 Å². The Morgan fingerprint density at radius 1 is 1.12 bits per heavy atom. The van der Waals surface area contributed by atoms with Gasteiger partial charge in [0, 0.05) is 23.2 Å². The third-order valence-corrected chi connectivity index (χ3v) is 4.88. The number of fused-ring (bicyclic) bond motifs is 1. The van der Waals surface area contributed by atoms with Gasteiger partial charge in [-0.15, -0.1) is 0 Å². The number of benzene rings is 2. The van der Waals surface area contributed by atoms with Crippen molar-refractivity contribution in [2.75, 3.05) is 13.2 Å². The van der Waals surface area contributed by atoms with E-state index in [2.05, 4.69) is 10.6 Å². The zero-order valence-electron chi connectivity index (χ0n) is 15.0. The molecule has 0 spiro atoms. The van der Waals surface area contributed by atoms with Gasteiger partial charge in [-0.05, 0) is 61.7 Å². The van der Waals surface area contributed by atoms with Gasteiger partial charge in [-0.25, -0.2) is 0 Å². The second-order valence-electron chi connectivity index (χ2n) is 6.22. The minimum absolute atomic E-state index is 0.0536. The van der Waals surface area contributed by atoms with Crippen molar-refractivity contribution in [3.8, 4) is 17.6 Å². The van der Waals surface area contributed by atoms with Crippen molar-refractivity contribution < 1.29 is 9.47 Å². The van der Waals surface area contributed by atoms with Gasteiger partial charge < -0.3 is 14.0 Å². The van der Waals surface area contributed by atoms with Crippen molar-refractivity contribution in [3.05, 3.63) is 58.7 Å². The quantitative estimate of drug-likeness (QED) is 0.533. The van der Waals surface area contributed by atoms with Gasteiger partial charge in [-0.3, -0.25) is 0 Å². The number of ether oxygens (including phenoxy) is 2. The maximum Gasteiger partial charge on any atom is 0.174 e. The highest BCUT2D eigenvalue weighted by Gasteiger charge is 2.07. The molecule has 3 aromatic rings. The second kappa shape index (κ2) is 8.16. The molecule has 0 saturated carbocycles. The van der Waals surface area contributed by atoms with Crippen LogP contribution in [0.15, 0.2) is 42.6 Å². The Morgan fingerprint density at radius 3 is 2.62 bits per heavy atom. The molecule has 0 amide bonds. The Morgan fingerprint density at radius 2 is 1.88 bits per heavy atom. The number of halogens is 1. The summed E-state index contributed by atoms with van der Waals surface area (Å²) in [5.41, 5.74) is 3.16. The number of hydrogen-bond acceptors (Lipinski definition) is 3. The van der Waals surface area contributed by atoms with Crippen molar-refractivity contribution in [2.24, 2.45) is 0 Å². The predicted molar refractivity (Wildman–Crippen MR) is 104 cm³/mol. The Balaban J connectivity index is 1.61. The molecule has 1 aromatic heterocycles. The molecule has 5 heteroatoms. The SMILES string of the molecule is Cc1cc(OCCCn2ccc3c(OCC#N)cccc32)cc(C)c1Cl. The summed E-state index contributed by atoms with van der Waals surface area (Å²) >= 11 is 6.19. The number of aryl methyl sites for hydroxylation is 3. The third-order valence-electron chi connectivity index (χ3n) is 4.29. The van der Waals surface area contributed by atoms with E-state index < -0.39 is 0 Å². The highest BCUT2D eigenvalue weighted by atomic mass is 35.5. The molecule has 0 radical (unpaired) electrons. The molecule has 0 atom stereocenters. The van der Waals surface area contributed by atoms with E-state index >= 15 is 0 Å². The molecule has 0 unspecified atom stereocenters. The van der Waals surface area contributed by atoms with Crippen LogP contribution in [0.5, 0.6) is 11.5 Å². The third kappa shape index (κ3) is 3.95. The van der Waals surface area contributed by atoms with Gasteiger partial charge >= 0.3 is 0 Å². The average Bonchev–Trinajstić information content (AvgIpc) is 3.05. The number of aromatic nitrogens is 1. The summed E-state index contributed by atoms with van der Waals surface area (Å²) in [7, 11) is 0. The molecule has 2 aromatic carbocycles. The summed E-state index contributed by atoms with van der Waals surface area (Å²) in [5, 5.41) is 10.5. The van der Waals surface area contributed by atoms with Gasteiger partial charge in [0.15, 0.2) is 6.61 Å². The van der Waals surface area contributed by atoms with Crippen LogP contribution in [0.1, 0.15) is 17.5 Å². The fraction of sp³-hybridized carbons (Fsp3) is 0.286. The van der Waals surface area contributed by atoms with Crippen molar-refractivity contribution in [3.63, 3.8) is 0 Å². The first-order chi connectivity index (χ1) is 12.6. The lowest BCUT2D eigenvalue weighted by molar-refractivity contribution is 0.302. The summed E-state index contributed by atoms with van der Waals surface area (Å²) in [6.45, 7) is 5.50. The largest absolute Gasteiger partial charge is 0.494 e. The standard InChI is InChI=1S/C21H21ClN2O2/c1-15-13-17(14-16(2)21(15)22)25-11-4-9-24-10-7-18-19(24)5-3-6-20(18)26-12-8-23/h3,5-7,10,13-14H,4,9,11-12H2,1-2H3. The fourth-order valence-electron chi connectivity index (χ4n) is 3.04. The lowest BCUT2D eigenvalue weighted by Crippen LogP contribution is -2.04. The first-order valence-electron chi connectivity index (χ1n) is 8.57. The van der Waals surface area contributed by atoms with Crippen LogP contribution in [-0.2, 0) is 6.54 Å². The minimum Gasteiger partial charge on any atom is -0.494 e. The van der Waals surface area contributed by atoms with Crippen LogP contribution >= 0.6 is 11.6 Å². The van der Waals surface area contributed by atoms with Gasteiger partial charge in [0.1, 0.15) is 17.6 Å². The van der Waals surface area contributed by atoms with Crippen molar-refractivity contribution in [1.29, 1.82) is 5.26 Å². The normalized spacial score (nSPS) is 10.7. The van der Waals surface area contributed by atoms with E-state index in [9.17, 15) is 0 Å². The van der Waals surface area contributed by atoms with E-state index in [1.165, 1.54) is 0 Å². The highest BCUT2D eigenvalue weighted by Crippen LogP contribution is 2.27. The highest BCUT2D eigenvalue weighted by molar-refractivity contribution is 6.32. The molecular weight excluding hydrogens is 348 g/mol. The summed E-state index contributed by atoms with van der Waals surface area (Å²) in [6.07, 6.45) is 2.92. The summed E-state index contributed by atoms with van der Waals surface area (Å²) in [6, 6.07) is 13.9. The van der Waals surface area contributed by atoms with Gasteiger partial charge in [0.2, 0.25) is 0 Å². The second-order valence-corrected chi connectivity index (χ2v) is 6.60. The fourth-order valence-corrected chi connectivity index (χ4v) is 3.15. The monoisotopic (exact) mass is 368 g/mol. The molecule has 3 rings (SSSR count). The van der Waals surface area contributed by atoms with Crippen molar-refractivity contribution in [2.45, 2.75) is 26.8 Å². The van der Waals surface area contributed by atoms with Gasteiger partial charge in [0.05, 0.1) is 12.1 Å². The number of hydrogen-bond donors (Lipinski definition) is 0. The minimum atomic E-state index is 0.0536. The zero-order chi connectivity index (χ0) is 18.5. The average molecular weight is 369 g/mol. The topological polar surface area (TPSA) is 47.2 Å². The van der Waals surface area contributed by atoms with Crippen molar-refractivity contribution >= 4 is 22.5 Å². The predicted octanol–water partition coefficient (Wildman–Crippen LogP) is 5.28. The summed E-state index contributed by atoms with van der Waals surface area (Å²) in [5.74, 6) is 1.60. The lowest BCUT2D eigenvalue weighted by atomic mass is 10.1. The molecule has 4 nitrogen and oxygen atoms in total. The van der Waals surface area contributed by atoms with Gasteiger partial charge in [-0.1, -0.05) is 17.7 Å². The Labute approximate surface area is 158 Å². The molecular formula is C21H21ClN2O2. The van der Waals surface area contributed by atoms with E-state index in [-0.39, 0.29) is 6.61 Å². The van der Waals surface area contributed by atoms with Crippen LogP contribution in [0, 0.1) is 25.2 Å². The first kappa shape index (κ1) is 18.2. The van der Waals surface area contributed by atoms with E-state index in [4.69, 9.17) is 26.3 Å². The first-order valence-corrected chi connectivity index (χ1v) is 8.95. The number of nitriles is 1. The molecule has 0 fully saturated rings. The van der Waals surface area contributed by atoms with Gasteiger partial charge in [0.25, 0.3) is 0 Å². The Kier molecular flexibility index (Phi) is 5.70. The number of rotatable bonds is 7. The maximum absolute atomic E-state index is 8.69. The van der Waals surface area contributed by atoms with Crippen LogP contribution in [0.2, 0.25) is 5.02 Å². The molecule has 134 valence electrons. The molecule has 0 aliphatic rings. The molecule has 0 saturated heterocycles. The van der Waals surface area contributed by atoms with E-state index in [0.29, 0.717) is 6.61 Å². The lowest BCUT2D eigenvalue weighted by Gasteiger charge is -2.11. The van der Waals surface area contributed by atoms with Gasteiger partial charge in [-0.2, -0.15) is 5.26 Å². The summed E-state index contributed by atoms with van der Waals surface area (Å²) in [4.78, 5) is 0. The van der Waals surface area contributed by atoms with Crippen LogP contribution in [-0.4, -0.2) is 17.8 Å². The molecule has 0 aliphatic heterocycles. The van der Waals surface area contributed by atoms with E-state index in [1.807, 2.05) is 56.4 Å². The van der Waals surface area contributed by atoms with Crippen LogP contribution in [0.3, 0.4) is 0 Å². The Bertz CT molecular complexity index is 933. The van der Waals surface area contributed by atoms with Crippen LogP contribution in [0.25, 0.3) is 10.9 Å². The summed E-state index contributed by atoms with van der Waals surface area (Å²) < 4.78 is 13.5. The number of nitrogens with zero attached hydrogens (tertiary/aromatic N) is 2. The van der Waals surface area contributed by atoms with Crippen LogP contribution < -0.4 is 9.47 Å². The maximum atomic E-state index is 8.69. The Hall–Kier alpha value is -2.64. The molecule has 0 bridgehead atoms.